The molecule has 0 aliphatic carbocycles. The van der Waals surface area contributed by atoms with Crippen molar-refractivity contribution >= 4 is 11.6 Å². The molecule has 1 aromatic carbocycles. The lowest BCUT2D eigenvalue weighted by Crippen LogP contribution is -2.12. The van der Waals surface area contributed by atoms with Crippen LogP contribution in [0.15, 0.2) is 18.2 Å². The van der Waals surface area contributed by atoms with E-state index in [0.29, 0.717) is 5.75 Å². The zero-order chi connectivity index (χ0) is 11.5. The number of ether oxygens (including phenoxy) is 1. The first kappa shape index (κ1) is 11.7. The number of methoxy groups -OCH3 is 1. The van der Waals surface area contributed by atoms with E-state index in [1.54, 1.807) is 0 Å². The summed E-state index contributed by atoms with van der Waals surface area (Å²) in [5.74, 6) is -2.82. The van der Waals surface area contributed by atoms with E-state index in [1.807, 2.05) is 0 Å². The molecule has 0 bridgehead atoms. The quantitative estimate of drug-likeness (QED) is 0.799. The zero-order valence-electron chi connectivity index (χ0n) is 7.93. The van der Waals surface area contributed by atoms with E-state index in [1.165, 1.54) is 31.4 Å². The van der Waals surface area contributed by atoms with Gasteiger partial charge in [0, 0.05) is 5.56 Å². The van der Waals surface area contributed by atoms with Gasteiger partial charge in [-0.15, -0.1) is 0 Å². The maximum absolute atomic E-state index is 13.3. The van der Waals surface area contributed by atoms with Crippen LogP contribution in [0.1, 0.15) is 12.0 Å². The van der Waals surface area contributed by atoms with Crippen LogP contribution in [0.4, 0.5) is 8.78 Å². The van der Waals surface area contributed by atoms with Crippen molar-refractivity contribution in [3.05, 3.63) is 28.8 Å². The van der Waals surface area contributed by atoms with Crippen molar-refractivity contribution in [2.45, 2.75) is 12.3 Å². The normalized spacial score (nSPS) is 10.9. The summed E-state index contributed by atoms with van der Waals surface area (Å²) in [6.45, 7) is 0. The van der Waals surface area contributed by atoms with Gasteiger partial charge in [0.05, 0.1) is 18.2 Å². The third-order valence-electron chi connectivity index (χ3n) is 1.87. The molecule has 0 N–H and O–H groups in total. The highest BCUT2D eigenvalue weighted by Crippen LogP contribution is 2.37. The summed E-state index contributed by atoms with van der Waals surface area (Å²) >= 11 is 5.66. The van der Waals surface area contributed by atoms with Gasteiger partial charge in [-0.2, -0.15) is 5.26 Å². The van der Waals surface area contributed by atoms with E-state index in [-0.39, 0.29) is 10.6 Å². The standard InChI is InChI=1S/C10H8ClF2NO/c1-15-7-2-3-8(9(11)6-7)10(12,13)4-5-14/h2-3,6H,4H2,1H3. The summed E-state index contributed by atoms with van der Waals surface area (Å²) in [6, 6.07) is 5.26. The van der Waals surface area contributed by atoms with Crippen LogP contribution in [0, 0.1) is 11.3 Å². The van der Waals surface area contributed by atoms with Gasteiger partial charge in [-0.1, -0.05) is 11.6 Å². The van der Waals surface area contributed by atoms with Crippen LogP contribution in [-0.2, 0) is 5.92 Å². The Bertz CT molecular complexity index is 401. The van der Waals surface area contributed by atoms with Crippen LogP contribution >= 0.6 is 11.6 Å². The fourth-order valence-corrected chi connectivity index (χ4v) is 1.42. The third kappa shape index (κ3) is 2.57. The van der Waals surface area contributed by atoms with Crippen molar-refractivity contribution in [3.8, 4) is 11.8 Å². The van der Waals surface area contributed by atoms with Crippen molar-refractivity contribution in [2.75, 3.05) is 7.11 Å². The number of hydrogen-bond acceptors (Lipinski definition) is 2. The molecule has 0 saturated heterocycles. The molecule has 0 aliphatic rings. The first-order chi connectivity index (χ1) is 7.01. The van der Waals surface area contributed by atoms with Crippen molar-refractivity contribution in [1.82, 2.24) is 0 Å². The molecule has 0 saturated carbocycles. The molecule has 1 rings (SSSR count). The van der Waals surface area contributed by atoms with E-state index >= 15 is 0 Å². The Hall–Kier alpha value is -1.34. The Morgan fingerprint density at radius 3 is 2.67 bits per heavy atom. The number of nitrogens with zero attached hydrogens (tertiary/aromatic N) is 1. The Balaban J connectivity index is 3.11. The minimum atomic E-state index is -3.22. The summed E-state index contributed by atoms with van der Waals surface area (Å²) in [5.41, 5.74) is -0.355. The average molecular weight is 232 g/mol. The van der Waals surface area contributed by atoms with Gasteiger partial charge >= 0.3 is 0 Å². The van der Waals surface area contributed by atoms with E-state index < -0.39 is 12.3 Å². The summed E-state index contributed by atoms with van der Waals surface area (Å²) < 4.78 is 31.4. The zero-order valence-corrected chi connectivity index (χ0v) is 8.68. The number of rotatable bonds is 3. The lowest BCUT2D eigenvalue weighted by Gasteiger charge is -2.15. The minimum absolute atomic E-state index is 0.102. The molecule has 2 nitrogen and oxygen atoms in total. The number of benzene rings is 1. The van der Waals surface area contributed by atoms with Gasteiger partial charge in [-0.25, -0.2) is 8.78 Å². The fraction of sp³-hybridized carbons (Fsp3) is 0.300. The van der Waals surface area contributed by atoms with E-state index in [9.17, 15) is 8.78 Å². The molecule has 0 radical (unpaired) electrons. The molecular weight excluding hydrogens is 224 g/mol. The first-order valence-electron chi connectivity index (χ1n) is 4.10. The van der Waals surface area contributed by atoms with Gasteiger partial charge in [-0.3, -0.25) is 0 Å². The van der Waals surface area contributed by atoms with Gasteiger partial charge in [0.2, 0.25) is 0 Å². The topological polar surface area (TPSA) is 33.0 Å². The van der Waals surface area contributed by atoms with Crippen molar-refractivity contribution < 1.29 is 13.5 Å². The highest BCUT2D eigenvalue weighted by atomic mass is 35.5. The molecule has 0 unspecified atom stereocenters. The van der Waals surface area contributed by atoms with Crippen LogP contribution in [-0.4, -0.2) is 7.11 Å². The third-order valence-corrected chi connectivity index (χ3v) is 2.18. The maximum Gasteiger partial charge on any atom is 0.287 e. The van der Waals surface area contributed by atoms with Gasteiger partial charge in [-0.05, 0) is 18.2 Å². The fourth-order valence-electron chi connectivity index (χ4n) is 1.11. The van der Waals surface area contributed by atoms with Crippen LogP contribution in [0.2, 0.25) is 5.02 Å². The molecule has 0 aliphatic heterocycles. The lowest BCUT2D eigenvalue weighted by molar-refractivity contribution is 0.00104. The highest BCUT2D eigenvalue weighted by Gasteiger charge is 2.33. The molecule has 0 aromatic heterocycles. The molecule has 0 fully saturated rings. The second-order valence-electron chi connectivity index (χ2n) is 2.89. The van der Waals surface area contributed by atoms with Crippen molar-refractivity contribution in [2.24, 2.45) is 0 Å². The highest BCUT2D eigenvalue weighted by molar-refractivity contribution is 6.31. The van der Waals surface area contributed by atoms with Crippen LogP contribution in [0.25, 0.3) is 0 Å². The number of alkyl halides is 2. The van der Waals surface area contributed by atoms with Gasteiger partial charge in [0.15, 0.2) is 0 Å². The molecule has 15 heavy (non-hydrogen) atoms. The van der Waals surface area contributed by atoms with E-state index in [2.05, 4.69) is 0 Å². The molecule has 5 heteroatoms. The predicted molar refractivity (Wildman–Crippen MR) is 52.1 cm³/mol. The summed E-state index contributed by atoms with van der Waals surface area (Å²) in [5, 5.41) is 8.15. The first-order valence-corrected chi connectivity index (χ1v) is 4.48. The minimum Gasteiger partial charge on any atom is -0.497 e. The van der Waals surface area contributed by atoms with Crippen molar-refractivity contribution in [1.29, 1.82) is 5.26 Å². The van der Waals surface area contributed by atoms with Gasteiger partial charge in [0.25, 0.3) is 5.92 Å². The molecule has 0 spiro atoms. The molecule has 1 aromatic rings. The molecule has 0 heterocycles. The second kappa shape index (κ2) is 4.45. The van der Waals surface area contributed by atoms with Crippen LogP contribution < -0.4 is 4.74 Å². The monoisotopic (exact) mass is 231 g/mol. The van der Waals surface area contributed by atoms with Crippen molar-refractivity contribution in [3.63, 3.8) is 0 Å². The van der Waals surface area contributed by atoms with E-state index in [4.69, 9.17) is 21.6 Å². The molecule has 0 amide bonds. The average Bonchev–Trinajstić information content (AvgIpc) is 2.17. The molecular formula is C10H8ClF2NO. The Labute approximate surface area is 91.0 Å². The van der Waals surface area contributed by atoms with Gasteiger partial charge in [0.1, 0.15) is 12.2 Å². The summed E-state index contributed by atoms with van der Waals surface area (Å²) in [6.07, 6.45) is -0.890. The van der Waals surface area contributed by atoms with Crippen LogP contribution in [0.3, 0.4) is 0 Å². The summed E-state index contributed by atoms with van der Waals surface area (Å²) in [4.78, 5) is 0. The predicted octanol–water partition coefficient (Wildman–Crippen LogP) is 3.35. The largest absolute Gasteiger partial charge is 0.497 e. The smallest absolute Gasteiger partial charge is 0.287 e. The SMILES string of the molecule is COc1ccc(C(F)(F)CC#N)c(Cl)c1. The lowest BCUT2D eigenvalue weighted by atomic mass is 10.1. The Morgan fingerprint density at radius 2 is 2.20 bits per heavy atom. The molecule has 80 valence electrons. The van der Waals surface area contributed by atoms with E-state index in [0.717, 1.165) is 0 Å². The Morgan fingerprint density at radius 1 is 1.53 bits per heavy atom. The number of hydrogen-bond donors (Lipinski definition) is 0. The number of nitriles is 1. The second-order valence-corrected chi connectivity index (χ2v) is 3.29. The number of halogens is 3. The maximum atomic E-state index is 13.3. The summed E-state index contributed by atoms with van der Waals surface area (Å²) in [7, 11) is 1.42. The van der Waals surface area contributed by atoms with Crippen LogP contribution in [0.5, 0.6) is 5.75 Å². The molecule has 0 atom stereocenters. The van der Waals surface area contributed by atoms with Gasteiger partial charge < -0.3 is 4.74 Å². The Kier molecular flexibility index (Phi) is 3.48.